The first-order valence-electron chi connectivity index (χ1n) is 5.91. The van der Waals surface area contributed by atoms with Gasteiger partial charge >= 0.3 is 5.63 Å². The molecule has 0 aliphatic rings. The Kier molecular flexibility index (Phi) is 3.95. The second-order valence-electron chi connectivity index (χ2n) is 4.33. The van der Waals surface area contributed by atoms with E-state index in [-0.39, 0.29) is 5.63 Å². The molecule has 5 heteroatoms. The van der Waals surface area contributed by atoms with Crippen LogP contribution in [-0.2, 0) is 5.75 Å². The van der Waals surface area contributed by atoms with E-state index in [1.807, 2.05) is 26.0 Å². The number of hydrogen-bond donors (Lipinski definition) is 1. The van der Waals surface area contributed by atoms with E-state index >= 15 is 0 Å². The molecule has 2 aromatic rings. The fourth-order valence-electron chi connectivity index (χ4n) is 1.86. The molecule has 0 aliphatic carbocycles. The molecule has 19 heavy (non-hydrogen) atoms. The van der Waals surface area contributed by atoms with Gasteiger partial charge in [0.15, 0.2) is 5.17 Å². The molecule has 0 radical (unpaired) electrons. The fourth-order valence-corrected chi connectivity index (χ4v) is 2.53. The van der Waals surface area contributed by atoms with Crippen molar-refractivity contribution in [2.75, 3.05) is 7.05 Å². The Hall–Kier alpha value is -1.75. The van der Waals surface area contributed by atoms with Crippen LogP contribution in [0.25, 0.3) is 11.0 Å². The van der Waals surface area contributed by atoms with Crippen LogP contribution < -0.4 is 11.4 Å². The van der Waals surface area contributed by atoms with Gasteiger partial charge in [0.2, 0.25) is 0 Å². The molecule has 0 amide bonds. The van der Waals surface area contributed by atoms with Gasteiger partial charge in [-0.3, -0.25) is 4.99 Å². The lowest BCUT2D eigenvalue weighted by Gasteiger charge is -2.08. The van der Waals surface area contributed by atoms with Gasteiger partial charge in [-0.05, 0) is 30.5 Å². The first-order valence-corrected chi connectivity index (χ1v) is 6.89. The van der Waals surface area contributed by atoms with Crippen molar-refractivity contribution in [2.45, 2.75) is 19.6 Å². The van der Waals surface area contributed by atoms with E-state index in [2.05, 4.69) is 4.99 Å². The number of thioether (sulfide) groups is 1. The Balaban J connectivity index is 2.55. The quantitative estimate of drug-likeness (QED) is 0.520. The van der Waals surface area contributed by atoms with Crippen molar-refractivity contribution in [3.05, 3.63) is 45.3 Å². The number of nitrogens with two attached hydrogens (primary N) is 1. The Bertz CT molecular complexity index is 704. The van der Waals surface area contributed by atoms with Crippen molar-refractivity contribution >= 4 is 27.9 Å². The maximum absolute atomic E-state index is 11.6. The lowest BCUT2D eigenvalue weighted by molar-refractivity contribution is 0.557. The predicted molar refractivity (Wildman–Crippen MR) is 80.8 cm³/mol. The summed E-state index contributed by atoms with van der Waals surface area (Å²) in [6.45, 7) is 3.96. The second-order valence-corrected chi connectivity index (χ2v) is 5.32. The van der Waals surface area contributed by atoms with Crippen LogP contribution in [-0.4, -0.2) is 12.2 Å². The summed E-state index contributed by atoms with van der Waals surface area (Å²) in [6.07, 6.45) is 0. The summed E-state index contributed by atoms with van der Waals surface area (Å²) in [5.41, 5.74) is 9.03. The number of amidine groups is 1. The van der Waals surface area contributed by atoms with E-state index in [0.717, 1.165) is 22.1 Å². The van der Waals surface area contributed by atoms with Crippen molar-refractivity contribution in [1.29, 1.82) is 0 Å². The minimum Gasteiger partial charge on any atom is -0.422 e. The van der Waals surface area contributed by atoms with Crippen molar-refractivity contribution in [1.82, 2.24) is 0 Å². The Morgan fingerprint density at radius 2 is 2.16 bits per heavy atom. The van der Waals surface area contributed by atoms with Gasteiger partial charge in [0, 0.05) is 24.3 Å². The van der Waals surface area contributed by atoms with E-state index in [0.29, 0.717) is 16.5 Å². The van der Waals surface area contributed by atoms with E-state index in [1.54, 1.807) is 7.05 Å². The highest BCUT2D eigenvalue weighted by Gasteiger charge is 2.09. The molecule has 0 fully saturated rings. The highest BCUT2D eigenvalue weighted by molar-refractivity contribution is 8.13. The molecule has 0 spiro atoms. The van der Waals surface area contributed by atoms with Gasteiger partial charge in [0.1, 0.15) is 5.58 Å². The zero-order chi connectivity index (χ0) is 14.0. The van der Waals surface area contributed by atoms with Crippen molar-refractivity contribution < 1.29 is 4.42 Å². The summed E-state index contributed by atoms with van der Waals surface area (Å²) in [4.78, 5) is 15.5. The Labute approximate surface area is 115 Å². The number of fused-ring (bicyclic) bond motifs is 1. The van der Waals surface area contributed by atoms with Gasteiger partial charge in [-0.2, -0.15) is 0 Å². The van der Waals surface area contributed by atoms with Crippen molar-refractivity contribution in [3.63, 3.8) is 0 Å². The molecule has 100 valence electrons. The largest absolute Gasteiger partial charge is 0.422 e. The normalized spacial score (nSPS) is 12.1. The van der Waals surface area contributed by atoms with E-state index in [1.165, 1.54) is 17.8 Å². The summed E-state index contributed by atoms with van der Waals surface area (Å²) in [6, 6.07) is 5.53. The maximum Gasteiger partial charge on any atom is 0.336 e. The number of benzene rings is 1. The molecule has 0 aliphatic heterocycles. The van der Waals surface area contributed by atoms with Gasteiger partial charge in [-0.15, -0.1) is 0 Å². The topological polar surface area (TPSA) is 68.6 Å². The molecule has 1 aromatic carbocycles. The third-order valence-electron chi connectivity index (χ3n) is 3.11. The summed E-state index contributed by atoms with van der Waals surface area (Å²) in [7, 11) is 1.65. The van der Waals surface area contributed by atoms with Crippen LogP contribution in [0, 0.1) is 13.8 Å². The summed E-state index contributed by atoms with van der Waals surface area (Å²) in [5, 5.41) is 1.46. The first kappa shape index (κ1) is 13.7. The van der Waals surface area contributed by atoms with Gasteiger partial charge < -0.3 is 10.2 Å². The van der Waals surface area contributed by atoms with Gasteiger partial charge in [0.05, 0.1) is 0 Å². The molecular weight excluding hydrogens is 260 g/mol. The van der Waals surface area contributed by atoms with Gasteiger partial charge in [-0.25, -0.2) is 4.79 Å². The van der Waals surface area contributed by atoms with E-state index in [4.69, 9.17) is 10.2 Å². The monoisotopic (exact) mass is 276 g/mol. The standard InChI is InChI=1S/C14H16N2O2S/c1-8-4-5-11-10(7-19-14(15)16-3)6-12(17)18-13(11)9(8)2/h4-6H,7H2,1-3H3,(H2,15,16). The SMILES string of the molecule is CN=C(N)SCc1cc(=O)oc2c(C)c(C)ccc12. The molecule has 4 nitrogen and oxygen atoms in total. The highest BCUT2D eigenvalue weighted by atomic mass is 32.2. The van der Waals surface area contributed by atoms with Crippen LogP contribution in [0.5, 0.6) is 0 Å². The summed E-state index contributed by atoms with van der Waals surface area (Å²) >= 11 is 1.41. The fraction of sp³-hybridized carbons (Fsp3) is 0.286. The number of hydrogen-bond acceptors (Lipinski definition) is 4. The second kappa shape index (κ2) is 5.48. The predicted octanol–water partition coefficient (Wildman–Crippen LogP) is 2.59. The van der Waals surface area contributed by atoms with Crippen LogP contribution in [0.3, 0.4) is 0 Å². The molecular formula is C14H16N2O2S. The average Bonchev–Trinajstić information content (AvgIpc) is 2.40. The number of rotatable bonds is 2. The smallest absolute Gasteiger partial charge is 0.336 e. The average molecular weight is 276 g/mol. The minimum absolute atomic E-state index is 0.330. The zero-order valence-electron chi connectivity index (χ0n) is 11.2. The highest BCUT2D eigenvalue weighted by Crippen LogP contribution is 2.25. The first-order chi connectivity index (χ1) is 9.02. The lowest BCUT2D eigenvalue weighted by atomic mass is 10.0. The van der Waals surface area contributed by atoms with Crippen LogP contribution in [0.2, 0.25) is 0 Å². The Morgan fingerprint density at radius 1 is 1.42 bits per heavy atom. The lowest BCUT2D eigenvalue weighted by Crippen LogP contribution is -2.07. The molecule has 1 heterocycles. The molecule has 0 bridgehead atoms. The molecule has 0 unspecified atom stereocenters. The molecule has 1 aromatic heterocycles. The summed E-state index contributed by atoms with van der Waals surface area (Å²) in [5.74, 6) is 0.605. The minimum atomic E-state index is -0.330. The maximum atomic E-state index is 11.6. The molecule has 0 saturated heterocycles. The molecule has 0 saturated carbocycles. The molecule has 2 N–H and O–H groups in total. The van der Waals surface area contributed by atoms with Crippen LogP contribution in [0.4, 0.5) is 0 Å². The Morgan fingerprint density at radius 3 is 2.84 bits per heavy atom. The van der Waals surface area contributed by atoms with Gasteiger partial charge in [0.25, 0.3) is 0 Å². The van der Waals surface area contributed by atoms with Gasteiger partial charge in [-0.1, -0.05) is 23.9 Å². The third-order valence-corrected chi connectivity index (χ3v) is 4.05. The van der Waals surface area contributed by atoms with Crippen LogP contribution >= 0.6 is 11.8 Å². The van der Waals surface area contributed by atoms with E-state index < -0.39 is 0 Å². The van der Waals surface area contributed by atoms with Crippen molar-refractivity contribution in [2.24, 2.45) is 10.7 Å². The number of nitrogens with zero attached hydrogens (tertiary/aromatic N) is 1. The number of aliphatic imine (C=N–C) groups is 1. The van der Waals surface area contributed by atoms with Crippen LogP contribution in [0.15, 0.2) is 32.4 Å². The van der Waals surface area contributed by atoms with Crippen LogP contribution in [0.1, 0.15) is 16.7 Å². The molecule has 2 rings (SSSR count). The number of aryl methyl sites for hydroxylation is 2. The van der Waals surface area contributed by atoms with E-state index in [9.17, 15) is 4.79 Å². The third kappa shape index (κ3) is 2.81. The van der Waals surface area contributed by atoms with Crippen molar-refractivity contribution in [3.8, 4) is 0 Å². The zero-order valence-corrected chi connectivity index (χ0v) is 12.0. The molecule has 0 atom stereocenters. The summed E-state index contributed by atoms with van der Waals surface area (Å²) < 4.78 is 5.32.